The third kappa shape index (κ3) is 4.16. The number of carbonyl (C=O) groups excluding carboxylic acids is 3. The largest absolute Gasteiger partial charge is 0.318 e. The van der Waals surface area contributed by atoms with Crippen LogP contribution in [-0.2, 0) is 11.3 Å². The number of nitrogens with two attached hydrogens (primary N) is 1. The molecule has 4 aromatic rings. The molecule has 0 saturated carbocycles. The highest BCUT2D eigenvalue weighted by Crippen LogP contribution is 2.36. The molecule has 1 aliphatic rings. The smallest absolute Gasteiger partial charge is 0.258 e. The summed E-state index contributed by atoms with van der Waals surface area (Å²) in [6.45, 7) is 3.91. The maximum atomic E-state index is 13.6. The van der Waals surface area contributed by atoms with Crippen LogP contribution < -0.4 is 15.5 Å². The number of ketones is 1. The van der Waals surface area contributed by atoms with E-state index >= 15 is 0 Å². The Morgan fingerprint density at radius 2 is 1.50 bits per heavy atom. The van der Waals surface area contributed by atoms with Crippen LogP contribution in [0.5, 0.6) is 0 Å². The summed E-state index contributed by atoms with van der Waals surface area (Å²) in [6, 6.07) is 25.3. The normalized spacial score (nSPS) is 15.5. The minimum atomic E-state index is -0.895. The van der Waals surface area contributed by atoms with Gasteiger partial charge in [0.2, 0.25) is 5.91 Å². The molecule has 0 saturated heterocycles. The van der Waals surface area contributed by atoms with Gasteiger partial charge in [0.1, 0.15) is 6.04 Å². The van der Waals surface area contributed by atoms with Crippen LogP contribution >= 0.6 is 0 Å². The van der Waals surface area contributed by atoms with Gasteiger partial charge in [-0.15, -0.1) is 0 Å². The van der Waals surface area contributed by atoms with E-state index in [-0.39, 0.29) is 24.1 Å². The molecule has 0 spiro atoms. The lowest BCUT2D eigenvalue weighted by molar-refractivity contribution is -0.119. The number of nitrogens with zero attached hydrogens (tertiary/aromatic N) is 2. The molecule has 2 N–H and O–H groups in total. The van der Waals surface area contributed by atoms with Gasteiger partial charge in [-0.05, 0) is 60.0 Å². The highest BCUT2D eigenvalue weighted by Gasteiger charge is 2.34. The molecule has 6 heteroatoms. The second kappa shape index (κ2) is 9.40. The number of anilines is 2. The molecule has 2 amide bonds. The van der Waals surface area contributed by atoms with Crippen LogP contribution in [0.25, 0.3) is 10.8 Å². The Morgan fingerprint density at radius 1 is 0.861 bits per heavy atom. The van der Waals surface area contributed by atoms with Crippen LogP contribution in [0, 0.1) is 6.92 Å². The highest BCUT2D eigenvalue weighted by molar-refractivity contribution is 6.12. The van der Waals surface area contributed by atoms with Crippen molar-refractivity contribution in [3.05, 3.63) is 107 Å². The third-order valence-corrected chi connectivity index (χ3v) is 6.80. The lowest BCUT2D eigenvalue weighted by Gasteiger charge is -2.26. The van der Waals surface area contributed by atoms with Crippen molar-refractivity contribution < 1.29 is 14.4 Å². The fourth-order valence-electron chi connectivity index (χ4n) is 4.78. The first-order chi connectivity index (χ1) is 17.3. The average Bonchev–Trinajstić information content (AvgIpc) is 3.00. The number of aryl methyl sites for hydroxylation is 1. The van der Waals surface area contributed by atoms with E-state index in [1.54, 1.807) is 34.1 Å². The zero-order valence-electron chi connectivity index (χ0n) is 20.3. The van der Waals surface area contributed by atoms with Crippen LogP contribution in [0.4, 0.5) is 11.4 Å². The molecule has 0 aromatic heterocycles. The van der Waals surface area contributed by atoms with Gasteiger partial charge in [-0.3, -0.25) is 14.4 Å². The van der Waals surface area contributed by atoms with E-state index in [4.69, 9.17) is 5.73 Å². The molecule has 180 valence electrons. The fourth-order valence-corrected chi connectivity index (χ4v) is 4.78. The molecule has 0 bridgehead atoms. The lowest BCUT2D eigenvalue weighted by atomic mass is 9.99. The van der Waals surface area contributed by atoms with Crippen molar-refractivity contribution in [1.82, 2.24) is 0 Å². The number of rotatable bonds is 4. The first-order valence-corrected chi connectivity index (χ1v) is 11.9. The number of hydrogen-bond donors (Lipinski definition) is 1. The van der Waals surface area contributed by atoms with Gasteiger partial charge in [0.15, 0.2) is 5.78 Å². The monoisotopic (exact) mass is 477 g/mol. The molecule has 1 aliphatic heterocycles. The van der Waals surface area contributed by atoms with Crippen LogP contribution in [0.15, 0.2) is 84.9 Å². The summed E-state index contributed by atoms with van der Waals surface area (Å²) >= 11 is 0. The van der Waals surface area contributed by atoms with E-state index < -0.39 is 6.04 Å². The summed E-state index contributed by atoms with van der Waals surface area (Å²) in [5, 5.41) is 2.18. The molecule has 1 heterocycles. The lowest BCUT2D eigenvalue weighted by Crippen LogP contribution is -2.48. The van der Waals surface area contributed by atoms with Crippen molar-refractivity contribution >= 4 is 39.7 Å². The SMILES string of the molecule is CC(=O)c1ccc(C(=O)N2C[C@H](N)C(=O)N(Cc3c(C)ccc4ccccc34)c3ccccc32)cc1. The molecule has 6 nitrogen and oxygen atoms in total. The van der Waals surface area contributed by atoms with E-state index in [9.17, 15) is 14.4 Å². The summed E-state index contributed by atoms with van der Waals surface area (Å²) in [6.07, 6.45) is 0. The predicted octanol–water partition coefficient (Wildman–Crippen LogP) is 4.87. The summed E-state index contributed by atoms with van der Waals surface area (Å²) in [5.74, 6) is -0.581. The number of para-hydroxylation sites is 2. The second-order valence-electron chi connectivity index (χ2n) is 9.15. The van der Waals surface area contributed by atoms with Crippen molar-refractivity contribution in [2.24, 2.45) is 5.73 Å². The molecule has 0 fully saturated rings. The number of carbonyl (C=O) groups is 3. The Hall–Kier alpha value is -4.29. The van der Waals surface area contributed by atoms with E-state index in [0.717, 1.165) is 21.9 Å². The predicted molar refractivity (Wildman–Crippen MR) is 142 cm³/mol. The van der Waals surface area contributed by atoms with Gasteiger partial charge in [-0.1, -0.05) is 60.7 Å². The van der Waals surface area contributed by atoms with E-state index in [1.807, 2.05) is 43.3 Å². The van der Waals surface area contributed by atoms with Gasteiger partial charge in [-0.2, -0.15) is 0 Å². The number of fused-ring (bicyclic) bond motifs is 2. The zero-order chi connectivity index (χ0) is 25.4. The van der Waals surface area contributed by atoms with Gasteiger partial charge in [-0.25, -0.2) is 0 Å². The Balaban J connectivity index is 1.58. The van der Waals surface area contributed by atoms with Crippen LogP contribution in [0.2, 0.25) is 0 Å². The molecule has 36 heavy (non-hydrogen) atoms. The molecule has 4 aromatic carbocycles. The van der Waals surface area contributed by atoms with Gasteiger partial charge in [0, 0.05) is 11.1 Å². The summed E-state index contributed by atoms with van der Waals surface area (Å²) < 4.78 is 0. The number of benzene rings is 4. The van der Waals surface area contributed by atoms with E-state index in [1.165, 1.54) is 6.92 Å². The van der Waals surface area contributed by atoms with Gasteiger partial charge >= 0.3 is 0 Å². The fraction of sp³-hybridized carbons (Fsp3) is 0.167. The number of Topliss-reactive ketones (excluding diaryl/α,β-unsaturated/α-hetero) is 1. The van der Waals surface area contributed by atoms with E-state index in [2.05, 4.69) is 24.3 Å². The van der Waals surface area contributed by atoms with Crippen molar-refractivity contribution in [1.29, 1.82) is 0 Å². The van der Waals surface area contributed by atoms with Crippen LogP contribution in [-0.4, -0.2) is 30.2 Å². The minimum Gasteiger partial charge on any atom is -0.318 e. The molecular weight excluding hydrogens is 450 g/mol. The van der Waals surface area contributed by atoms with Crippen molar-refractivity contribution in [2.45, 2.75) is 26.4 Å². The maximum Gasteiger partial charge on any atom is 0.258 e. The first-order valence-electron chi connectivity index (χ1n) is 11.9. The van der Waals surface area contributed by atoms with Crippen LogP contribution in [0.1, 0.15) is 38.8 Å². The Kier molecular flexibility index (Phi) is 6.12. The molecule has 0 unspecified atom stereocenters. The molecule has 1 atom stereocenters. The minimum absolute atomic E-state index is 0.0498. The third-order valence-electron chi connectivity index (χ3n) is 6.80. The summed E-state index contributed by atoms with van der Waals surface area (Å²) in [5.41, 5.74) is 10.7. The number of hydrogen-bond acceptors (Lipinski definition) is 4. The Bertz CT molecular complexity index is 1490. The highest BCUT2D eigenvalue weighted by atomic mass is 16.2. The Morgan fingerprint density at radius 3 is 2.22 bits per heavy atom. The molecular formula is C30H27N3O3. The standard InChI is InChI=1S/C30H27N3O3/c1-19-11-12-22-7-3-4-8-24(22)25(19)17-32-27-9-5-6-10-28(27)33(18-26(31)30(32)36)29(35)23-15-13-21(14-16-23)20(2)34/h3-16,26H,17-18,31H2,1-2H3/t26-/m0/s1. The summed E-state index contributed by atoms with van der Waals surface area (Å²) in [4.78, 5) is 42.1. The maximum absolute atomic E-state index is 13.6. The van der Waals surface area contributed by atoms with Gasteiger partial charge in [0.25, 0.3) is 5.91 Å². The summed E-state index contributed by atoms with van der Waals surface area (Å²) in [7, 11) is 0. The Labute approximate surface area is 209 Å². The van der Waals surface area contributed by atoms with Crippen molar-refractivity contribution in [3.63, 3.8) is 0 Å². The molecule has 0 radical (unpaired) electrons. The number of amides is 2. The van der Waals surface area contributed by atoms with Crippen molar-refractivity contribution in [3.8, 4) is 0 Å². The van der Waals surface area contributed by atoms with Gasteiger partial charge in [0.05, 0.1) is 24.5 Å². The average molecular weight is 478 g/mol. The first kappa shape index (κ1) is 23.5. The zero-order valence-corrected chi connectivity index (χ0v) is 20.3. The van der Waals surface area contributed by atoms with Crippen LogP contribution in [0.3, 0.4) is 0 Å². The van der Waals surface area contributed by atoms with Gasteiger partial charge < -0.3 is 15.5 Å². The topological polar surface area (TPSA) is 83.7 Å². The second-order valence-corrected chi connectivity index (χ2v) is 9.15. The van der Waals surface area contributed by atoms with Crippen molar-refractivity contribution in [2.75, 3.05) is 16.3 Å². The quantitative estimate of drug-likeness (QED) is 0.425. The molecule has 0 aliphatic carbocycles. The van der Waals surface area contributed by atoms with E-state index in [0.29, 0.717) is 29.0 Å². The molecule has 5 rings (SSSR count).